The van der Waals surface area contributed by atoms with Crippen molar-refractivity contribution < 1.29 is 24.1 Å². The summed E-state index contributed by atoms with van der Waals surface area (Å²) in [6.07, 6.45) is 4.49. The first-order valence-electron chi connectivity index (χ1n) is 9.68. The monoisotopic (exact) mass is 346 g/mol. The molecule has 2 fully saturated rings. The van der Waals surface area contributed by atoms with E-state index in [-0.39, 0.29) is 30.5 Å². The fourth-order valence-electron chi connectivity index (χ4n) is 3.16. The second-order valence-electron chi connectivity index (χ2n) is 7.00. The fraction of sp³-hybridized carbons (Fsp3) is 1.00. The van der Waals surface area contributed by atoms with E-state index in [0.717, 1.165) is 25.7 Å². The van der Waals surface area contributed by atoms with Crippen molar-refractivity contribution in [3.63, 3.8) is 0 Å². The van der Waals surface area contributed by atoms with Crippen LogP contribution in [0.15, 0.2) is 0 Å². The number of rotatable bonds is 8. The molecule has 0 spiro atoms. The summed E-state index contributed by atoms with van der Waals surface area (Å²) in [6, 6.07) is 0. The molecule has 0 radical (unpaired) electrons. The lowest BCUT2D eigenvalue weighted by molar-refractivity contribution is -0.149. The lowest BCUT2D eigenvalue weighted by Gasteiger charge is -2.19. The maximum absolute atomic E-state index is 10.2. The smallest absolute Gasteiger partial charge is 0.163 e. The van der Waals surface area contributed by atoms with Gasteiger partial charge < -0.3 is 24.1 Å². The third-order valence-electron chi connectivity index (χ3n) is 4.47. The fourth-order valence-corrected chi connectivity index (χ4v) is 3.16. The first kappa shape index (κ1) is 21.8. The Morgan fingerprint density at radius 2 is 1.96 bits per heavy atom. The van der Waals surface area contributed by atoms with Gasteiger partial charge in [-0.05, 0) is 27.2 Å². The van der Waals surface area contributed by atoms with Crippen LogP contribution in [0.25, 0.3) is 0 Å². The van der Waals surface area contributed by atoms with Crippen LogP contribution in [0.2, 0.25) is 0 Å². The van der Waals surface area contributed by atoms with E-state index < -0.39 is 5.79 Å². The van der Waals surface area contributed by atoms with Crippen LogP contribution in [0.4, 0.5) is 0 Å². The zero-order valence-corrected chi connectivity index (χ0v) is 16.4. The van der Waals surface area contributed by atoms with Crippen molar-refractivity contribution in [2.45, 2.75) is 110 Å². The molecule has 1 N–H and O–H groups in total. The van der Waals surface area contributed by atoms with Crippen LogP contribution in [0.3, 0.4) is 0 Å². The molecule has 5 unspecified atom stereocenters. The minimum absolute atomic E-state index is 0.0150. The molecule has 0 aromatic carbocycles. The average molecular weight is 347 g/mol. The van der Waals surface area contributed by atoms with E-state index in [1.165, 1.54) is 6.42 Å². The van der Waals surface area contributed by atoms with Gasteiger partial charge in [0, 0.05) is 6.42 Å². The predicted molar refractivity (Wildman–Crippen MR) is 95.1 cm³/mol. The lowest BCUT2D eigenvalue weighted by atomic mass is 10.0. The molecule has 2 rings (SSSR count). The Balaban J connectivity index is 0.00000139. The Morgan fingerprint density at radius 3 is 2.54 bits per heavy atom. The summed E-state index contributed by atoms with van der Waals surface area (Å²) in [4.78, 5) is 0. The van der Waals surface area contributed by atoms with Gasteiger partial charge in [-0.25, -0.2) is 0 Å². The van der Waals surface area contributed by atoms with Crippen LogP contribution in [0, 0.1) is 0 Å². The quantitative estimate of drug-likeness (QED) is 0.680. The van der Waals surface area contributed by atoms with E-state index in [2.05, 4.69) is 6.92 Å². The van der Waals surface area contributed by atoms with E-state index in [1.54, 1.807) is 0 Å². The van der Waals surface area contributed by atoms with E-state index in [9.17, 15) is 5.11 Å². The molecule has 2 aliphatic rings. The Bertz CT molecular complexity index is 334. The van der Waals surface area contributed by atoms with E-state index in [1.807, 2.05) is 34.6 Å². The van der Waals surface area contributed by atoms with E-state index in [4.69, 9.17) is 18.9 Å². The van der Waals surface area contributed by atoms with Crippen LogP contribution in [0.1, 0.15) is 73.6 Å². The first-order valence-corrected chi connectivity index (χ1v) is 9.68. The number of unbranched alkanes of at least 4 members (excludes halogenated alkanes) is 2. The summed E-state index contributed by atoms with van der Waals surface area (Å²) in [5.41, 5.74) is 0. The second kappa shape index (κ2) is 10.7. The van der Waals surface area contributed by atoms with Gasteiger partial charge in [0.15, 0.2) is 5.79 Å². The molecule has 2 aliphatic heterocycles. The second-order valence-corrected chi connectivity index (χ2v) is 7.00. The summed E-state index contributed by atoms with van der Waals surface area (Å²) in [5, 5.41) is 10.2. The highest BCUT2D eigenvalue weighted by atomic mass is 16.7. The van der Waals surface area contributed by atoms with Gasteiger partial charge >= 0.3 is 0 Å². The molecule has 2 heterocycles. The molecule has 0 amide bonds. The topological polar surface area (TPSA) is 57.2 Å². The van der Waals surface area contributed by atoms with E-state index >= 15 is 0 Å². The largest absolute Gasteiger partial charge is 0.390 e. The van der Waals surface area contributed by atoms with Crippen molar-refractivity contribution in [2.75, 3.05) is 13.2 Å². The highest BCUT2D eigenvalue weighted by Crippen LogP contribution is 2.28. The standard InChI is InChI=1S/C17H32O5.C2H6/c1-5-6-7-8-14(18)16-9-15(12(2)21-16)19-10-13-11-20-17(3,4)22-13;1-2/h12-16,18H,5-11H2,1-4H3;1-2H3. The van der Waals surface area contributed by atoms with Gasteiger partial charge in [0.25, 0.3) is 0 Å². The number of hydrogen-bond acceptors (Lipinski definition) is 5. The molecule has 144 valence electrons. The van der Waals surface area contributed by atoms with Gasteiger partial charge in [0.05, 0.1) is 37.6 Å². The average Bonchev–Trinajstić information content (AvgIpc) is 3.09. The number of hydrogen-bond donors (Lipinski definition) is 1. The molecule has 5 atom stereocenters. The van der Waals surface area contributed by atoms with Gasteiger partial charge in [-0.3, -0.25) is 0 Å². The minimum Gasteiger partial charge on any atom is -0.390 e. The third-order valence-corrected chi connectivity index (χ3v) is 4.47. The number of aliphatic hydroxyl groups is 1. The van der Waals surface area contributed by atoms with Gasteiger partial charge in [-0.1, -0.05) is 40.0 Å². The minimum atomic E-state index is -0.510. The third kappa shape index (κ3) is 6.96. The predicted octanol–water partition coefficient (Wildman–Crippen LogP) is 3.67. The van der Waals surface area contributed by atoms with Gasteiger partial charge in [-0.15, -0.1) is 0 Å². The summed E-state index contributed by atoms with van der Waals surface area (Å²) in [5.74, 6) is -0.510. The van der Waals surface area contributed by atoms with Crippen LogP contribution < -0.4 is 0 Å². The zero-order valence-electron chi connectivity index (χ0n) is 16.4. The molecule has 0 aliphatic carbocycles. The summed E-state index contributed by atoms with van der Waals surface area (Å²) < 4.78 is 23.1. The number of ether oxygens (including phenoxy) is 4. The summed E-state index contributed by atoms with van der Waals surface area (Å²) in [7, 11) is 0. The molecule has 5 nitrogen and oxygen atoms in total. The Labute approximate surface area is 148 Å². The lowest BCUT2D eigenvalue weighted by Crippen LogP contribution is -2.29. The van der Waals surface area contributed by atoms with Gasteiger partial charge in [0.1, 0.15) is 6.10 Å². The summed E-state index contributed by atoms with van der Waals surface area (Å²) in [6.45, 7) is 13.1. The molecule has 0 aromatic rings. The van der Waals surface area contributed by atoms with Crippen LogP contribution in [0.5, 0.6) is 0 Å². The van der Waals surface area contributed by atoms with Crippen LogP contribution in [-0.4, -0.2) is 54.6 Å². The van der Waals surface area contributed by atoms with Crippen molar-refractivity contribution in [1.82, 2.24) is 0 Å². The van der Waals surface area contributed by atoms with Crippen LogP contribution in [-0.2, 0) is 18.9 Å². The molecular formula is C19H38O5. The SMILES string of the molecule is CC.CCCCCC(O)C1CC(OCC2COC(C)(C)O2)C(C)O1. The maximum atomic E-state index is 10.2. The molecule has 5 heteroatoms. The van der Waals surface area contributed by atoms with Gasteiger partial charge in [-0.2, -0.15) is 0 Å². The van der Waals surface area contributed by atoms with Crippen LogP contribution >= 0.6 is 0 Å². The van der Waals surface area contributed by atoms with Crippen molar-refractivity contribution in [3.8, 4) is 0 Å². The highest BCUT2D eigenvalue weighted by Gasteiger charge is 2.38. The molecule has 0 bridgehead atoms. The zero-order chi connectivity index (χ0) is 18.2. The van der Waals surface area contributed by atoms with E-state index in [0.29, 0.717) is 13.2 Å². The Kier molecular flexibility index (Phi) is 9.75. The molecule has 24 heavy (non-hydrogen) atoms. The van der Waals surface area contributed by atoms with Crippen molar-refractivity contribution in [2.24, 2.45) is 0 Å². The Morgan fingerprint density at radius 1 is 1.25 bits per heavy atom. The molecule has 0 aromatic heterocycles. The molecular weight excluding hydrogens is 308 g/mol. The first-order chi connectivity index (χ1) is 11.4. The molecule has 2 saturated heterocycles. The van der Waals surface area contributed by atoms with Gasteiger partial charge in [0.2, 0.25) is 0 Å². The van der Waals surface area contributed by atoms with Crippen molar-refractivity contribution in [3.05, 3.63) is 0 Å². The Hall–Kier alpha value is -0.200. The molecule has 0 saturated carbocycles. The van der Waals surface area contributed by atoms with Crippen molar-refractivity contribution >= 4 is 0 Å². The maximum Gasteiger partial charge on any atom is 0.163 e. The highest BCUT2D eigenvalue weighted by molar-refractivity contribution is 4.85. The number of aliphatic hydroxyl groups excluding tert-OH is 1. The van der Waals surface area contributed by atoms with Crippen molar-refractivity contribution in [1.29, 1.82) is 0 Å². The normalized spacial score (nSPS) is 33.1. The summed E-state index contributed by atoms with van der Waals surface area (Å²) >= 11 is 0.